The number of alkyl halides is 3. The van der Waals surface area contributed by atoms with Crippen LogP contribution in [0.5, 0.6) is 17.5 Å². The van der Waals surface area contributed by atoms with Gasteiger partial charge in [-0.1, -0.05) is 13.0 Å². The Morgan fingerprint density at radius 3 is 2.45 bits per heavy atom. The fourth-order valence-corrected chi connectivity index (χ4v) is 4.37. The van der Waals surface area contributed by atoms with Gasteiger partial charge >= 0.3 is 6.18 Å². The number of hydrogen-bond donors (Lipinski definition) is 2. The monoisotopic (exact) mass is 553 g/mol. The Morgan fingerprint density at radius 2 is 1.87 bits per heavy atom. The Morgan fingerprint density at radius 1 is 1.18 bits per heavy atom. The van der Waals surface area contributed by atoms with E-state index in [1.807, 2.05) is 6.92 Å². The molecule has 1 aromatic carbocycles. The van der Waals surface area contributed by atoms with E-state index in [1.165, 1.54) is 37.6 Å². The fourth-order valence-electron chi connectivity index (χ4n) is 3.68. The van der Waals surface area contributed by atoms with Gasteiger partial charge in [0.15, 0.2) is 11.5 Å². The lowest BCUT2D eigenvalue weighted by molar-refractivity contribution is -0.142. The minimum Gasteiger partial charge on any atom is -0.478 e. The lowest BCUT2D eigenvalue weighted by Gasteiger charge is -2.18. The Kier molecular flexibility index (Phi) is 6.80. The van der Waals surface area contributed by atoms with Gasteiger partial charge in [-0.05, 0) is 43.5 Å². The molecule has 1 aliphatic rings. The summed E-state index contributed by atoms with van der Waals surface area (Å²) < 4.78 is 86.4. The van der Waals surface area contributed by atoms with Crippen molar-refractivity contribution in [1.29, 1.82) is 4.78 Å². The number of nitrogens with zero attached hydrogens (tertiary/aromatic N) is 3. The second-order valence-electron chi connectivity index (χ2n) is 9.17. The van der Waals surface area contributed by atoms with Crippen LogP contribution in [0.1, 0.15) is 47.1 Å². The summed E-state index contributed by atoms with van der Waals surface area (Å²) in [7, 11) is -1.92. The lowest BCUT2D eigenvalue weighted by Crippen LogP contribution is -2.21. The highest BCUT2D eigenvalue weighted by Gasteiger charge is 2.42. The van der Waals surface area contributed by atoms with Crippen molar-refractivity contribution in [2.75, 3.05) is 18.7 Å². The summed E-state index contributed by atoms with van der Waals surface area (Å²) in [5.41, 5.74) is -2.57. The second-order valence-corrected chi connectivity index (χ2v) is 11.3. The van der Waals surface area contributed by atoms with E-state index in [1.54, 1.807) is 0 Å². The summed E-state index contributed by atoms with van der Waals surface area (Å²) in [4.78, 5) is 17.6. The average Bonchev–Trinajstić information content (AvgIpc) is 3.57. The van der Waals surface area contributed by atoms with Crippen molar-refractivity contribution < 1.29 is 36.0 Å². The molecule has 0 bridgehead atoms. The molecule has 38 heavy (non-hydrogen) atoms. The molecule has 0 spiro atoms. The van der Waals surface area contributed by atoms with Crippen molar-refractivity contribution >= 4 is 21.3 Å². The third kappa shape index (κ3) is 5.39. The van der Waals surface area contributed by atoms with Crippen molar-refractivity contribution in [3.05, 3.63) is 58.7 Å². The highest BCUT2D eigenvalue weighted by Crippen LogP contribution is 2.48. The first-order chi connectivity index (χ1) is 17.6. The summed E-state index contributed by atoms with van der Waals surface area (Å²) in [6.45, 7) is 2.90. The van der Waals surface area contributed by atoms with Crippen LogP contribution >= 0.6 is 0 Å². The first-order valence-electron chi connectivity index (χ1n) is 11.2. The molecule has 1 amide bonds. The van der Waals surface area contributed by atoms with Crippen LogP contribution in [0.25, 0.3) is 0 Å². The number of amides is 1. The maximum Gasteiger partial charge on any atom is 0.435 e. The summed E-state index contributed by atoms with van der Waals surface area (Å²) in [6, 6.07) is 6.63. The van der Waals surface area contributed by atoms with Crippen LogP contribution in [-0.4, -0.2) is 38.7 Å². The predicted octanol–water partition coefficient (Wildman–Crippen LogP) is 5.48. The molecule has 1 unspecified atom stereocenters. The van der Waals surface area contributed by atoms with E-state index in [0.717, 1.165) is 25.8 Å². The number of benzene rings is 1. The zero-order valence-corrected chi connectivity index (χ0v) is 21.5. The third-order valence-corrected chi connectivity index (χ3v) is 7.28. The molecule has 4 rings (SSSR count). The maximum atomic E-state index is 15.1. The molecular formula is C24H23F4N5O4S. The average molecular weight is 554 g/mol. The van der Waals surface area contributed by atoms with Crippen molar-refractivity contribution in [2.24, 2.45) is 0 Å². The molecule has 1 fully saturated rings. The SMILES string of the molecule is COc1nc(C2(C)CC2)cc(F)c1Oc1nnc(C(F)(F)F)c(C)c1C(=O)Nc1cccc(S(C)(=N)=O)c1. The number of aromatic nitrogens is 3. The zero-order chi connectivity index (χ0) is 28.0. The quantitative estimate of drug-likeness (QED) is 0.371. The number of hydrogen-bond acceptors (Lipinski definition) is 8. The normalized spacial score (nSPS) is 15.9. The topological polar surface area (TPSA) is 127 Å². The van der Waals surface area contributed by atoms with Gasteiger partial charge in [0, 0.05) is 28.3 Å². The van der Waals surface area contributed by atoms with Crippen molar-refractivity contribution in [3.8, 4) is 17.5 Å². The largest absolute Gasteiger partial charge is 0.478 e. The number of carbonyl (C=O) groups is 1. The molecule has 0 radical (unpaired) electrons. The van der Waals surface area contributed by atoms with Gasteiger partial charge in [0.05, 0.1) is 22.5 Å². The molecule has 0 saturated heterocycles. The van der Waals surface area contributed by atoms with Crippen LogP contribution in [0.3, 0.4) is 0 Å². The second kappa shape index (κ2) is 9.49. The first-order valence-corrected chi connectivity index (χ1v) is 13.1. The van der Waals surface area contributed by atoms with E-state index in [2.05, 4.69) is 20.5 Å². The highest BCUT2D eigenvalue weighted by atomic mass is 32.2. The Hall–Kier alpha value is -3.81. The number of halogens is 4. The Balaban J connectivity index is 1.79. The van der Waals surface area contributed by atoms with Gasteiger partial charge in [0.1, 0.15) is 5.56 Å². The first kappa shape index (κ1) is 27.2. The summed E-state index contributed by atoms with van der Waals surface area (Å²) in [5, 5.41) is 9.00. The van der Waals surface area contributed by atoms with Crippen LogP contribution < -0.4 is 14.8 Å². The number of pyridine rings is 1. The molecule has 2 heterocycles. The fraction of sp³-hybridized carbons (Fsp3) is 0.333. The Labute approximate surface area is 215 Å². The minimum atomic E-state index is -4.95. The molecule has 9 nitrogen and oxygen atoms in total. The summed E-state index contributed by atoms with van der Waals surface area (Å²) >= 11 is 0. The zero-order valence-electron chi connectivity index (χ0n) is 20.7. The molecule has 1 atom stereocenters. The molecule has 2 aromatic heterocycles. The van der Waals surface area contributed by atoms with Gasteiger partial charge in [-0.2, -0.15) is 13.2 Å². The number of methoxy groups -OCH3 is 1. The van der Waals surface area contributed by atoms with Crippen LogP contribution in [0.15, 0.2) is 35.2 Å². The minimum absolute atomic E-state index is 0.0532. The smallest absolute Gasteiger partial charge is 0.435 e. The van der Waals surface area contributed by atoms with Crippen LogP contribution in [0.4, 0.5) is 23.2 Å². The highest BCUT2D eigenvalue weighted by molar-refractivity contribution is 7.91. The third-order valence-electron chi connectivity index (χ3n) is 6.13. The number of nitrogens with one attached hydrogen (secondary N) is 2. The van der Waals surface area contributed by atoms with Gasteiger partial charge in [0.2, 0.25) is 5.75 Å². The molecule has 14 heteroatoms. The van der Waals surface area contributed by atoms with Crippen molar-refractivity contribution in [1.82, 2.24) is 15.2 Å². The predicted molar refractivity (Wildman–Crippen MR) is 129 cm³/mol. The van der Waals surface area contributed by atoms with Gasteiger partial charge in [-0.3, -0.25) is 4.79 Å². The lowest BCUT2D eigenvalue weighted by atomic mass is 10.0. The standard InChI is InChI=1S/C24H23F4N5O4S/c1-12-17(20(34)30-13-6-5-7-14(10-13)38(4,29)35)21(33-32-19(12)24(26,27)28)37-18-15(25)11-16(23(2)8-9-23)31-22(18)36-3/h5-7,10-11,29H,8-9H2,1-4H3,(H,30,34). The van der Waals surface area contributed by atoms with E-state index < -0.39 is 56.1 Å². The van der Waals surface area contributed by atoms with Crippen molar-refractivity contribution in [2.45, 2.75) is 43.2 Å². The van der Waals surface area contributed by atoms with E-state index in [0.29, 0.717) is 5.69 Å². The van der Waals surface area contributed by atoms with Gasteiger partial charge < -0.3 is 14.8 Å². The molecular weight excluding hydrogens is 530 g/mol. The number of carbonyl (C=O) groups excluding carboxylic acids is 1. The molecule has 1 saturated carbocycles. The molecule has 3 aromatic rings. The van der Waals surface area contributed by atoms with Crippen LogP contribution in [0, 0.1) is 17.5 Å². The summed E-state index contributed by atoms with van der Waals surface area (Å²) in [5.74, 6) is -3.57. The maximum absolute atomic E-state index is 15.1. The number of rotatable bonds is 7. The van der Waals surface area contributed by atoms with E-state index in [9.17, 15) is 22.2 Å². The van der Waals surface area contributed by atoms with Crippen LogP contribution in [-0.2, 0) is 21.3 Å². The number of ether oxygens (including phenoxy) is 2. The van der Waals surface area contributed by atoms with E-state index in [4.69, 9.17) is 14.3 Å². The van der Waals surface area contributed by atoms with E-state index in [-0.39, 0.29) is 21.9 Å². The van der Waals surface area contributed by atoms with Gasteiger partial charge in [-0.25, -0.2) is 18.4 Å². The van der Waals surface area contributed by atoms with E-state index >= 15 is 4.39 Å². The van der Waals surface area contributed by atoms with Crippen molar-refractivity contribution in [3.63, 3.8) is 0 Å². The molecule has 202 valence electrons. The molecule has 1 aliphatic carbocycles. The molecule has 0 aliphatic heterocycles. The summed E-state index contributed by atoms with van der Waals surface area (Å²) in [6.07, 6.45) is -2.18. The van der Waals surface area contributed by atoms with Crippen LogP contribution in [0.2, 0.25) is 0 Å². The Bertz CT molecular complexity index is 1540. The van der Waals surface area contributed by atoms with Gasteiger partial charge in [-0.15, -0.1) is 10.2 Å². The van der Waals surface area contributed by atoms with Gasteiger partial charge in [0.25, 0.3) is 17.7 Å². The number of anilines is 1. The molecule has 2 N–H and O–H groups in total.